The second-order valence-corrected chi connectivity index (χ2v) is 5.47. The first-order valence-electron chi connectivity index (χ1n) is 6.59. The second kappa shape index (κ2) is 4.84. The van der Waals surface area contributed by atoms with Gasteiger partial charge in [0.1, 0.15) is 0 Å². The van der Waals surface area contributed by atoms with Crippen molar-refractivity contribution in [2.45, 2.75) is 19.4 Å². The molecule has 0 bridgehead atoms. The van der Waals surface area contributed by atoms with Crippen LogP contribution in [0.15, 0.2) is 54.6 Å². The summed E-state index contributed by atoms with van der Waals surface area (Å²) in [7, 11) is -0.272. The van der Waals surface area contributed by atoms with Crippen molar-refractivity contribution < 1.29 is 9.31 Å². The molecule has 19 heavy (non-hydrogen) atoms. The Labute approximate surface area is 114 Å². The molecule has 1 saturated heterocycles. The zero-order chi connectivity index (χ0) is 13.3. The minimum atomic E-state index is -0.272. The number of hydrogen-bond acceptors (Lipinski definition) is 2. The van der Waals surface area contributed by atoms with Crippen LogP contribution in [0.3, 0.4) is 0 Å². The molecule has 0 atom stereocenters. The Bertz CT molecular complexity index is 566. The first kappa shape index (κ1) is 12.5. The molecule has 3 heteroatoms. The Kier molecular flexibility index (Phi) is 3.17. The summed E-state index contributed by atoms with van der Waals surface area (Å²) in [6.45, 7) is 4.73. The molecule has 2 aromatic rings. The Morgan fingerprint density at radius 1 is 0.947 bits per heavy atom. The molecule has 2 nitrogen and oxygen atoms in total. The van der Waals surface area contributed by atoms with E-state index in [4.69, 9.17) is 9.31 Å². The SMILES string of the molecule is CC1(C)COB(c2ccccc2-c2ccccc2)O1. The normalized spacial score (nSPS) is 17.7. The van der Waals surface area contributed by atoms with Crippen molar-refractivity contribution in [2.75, 3.05) is 6.61 Å². The maximum atomic E-state index is 5.97. The highest BCUT2D eigenvalue weighted by atomic mass is 16.7. The van der Waals surface area contributed by atoms with Gasteiger partial charge < -0.3 is 9.31 Å². The van der Waals surface area contributed by atoms with Crippen LogP contribution in [-0.4, -0.2) is 19.3 Å². The van der Waals surface area contributed by atoms with Crippen LogP contribution in [0.5, 0.6) is 0 Å². The van der Waals surface area contributed by atoms with Gasteiger partial charge in [-0.2, -0.15) is 0 Å². The van der Waals surface area contributed by atoms with E-state index in [1.54, 1.807) is 0 Å². The maximum Gasteiger partial charge on any atom is 0.495 e. The van der Waals surface area contributed by atoms with Crippen molar-refractivity contribution >= 4 is 12.6 Å². The third kappa shape index (κ3) is 2.58. The van der Waals surface area contributed by atoms with E-state index in [1.165, 1.54) is 11.1 Å². The number of rotatable bonds is 2. The zero-order valence-electron chi connectivity index (χ0n) is 11.3. The molecule has 96 valence electrons. The first-order chi connectivity index (χ1) is 9.16. The van der Waals surface area contributed by atoms with Crippen molar-refractivity contribution in [3.63, 3.8) is 0 Å². The molecule has 1 heterocycles. The summed E-state index contributed by atoms with van der Waals surface area (Å²) in [5.74, 6) is 0. The van der Waals surface area contributed by atoms with Gasteiger partial charge in [-0.3, -0.25) is 0 Å². The molecule has 0 aromatic heterocycles. The van der Waals surface area contributed by atoms with Gasteiger partial charge in [0, 0.05) is 0 Å². The standard InChI is InChI=1S/C16H17BO2/c1-16(2)12-18-17(19-16)15-11-7-6-10-14(15)13-8-4-3-5-9-13/h3-11H,12H2,1-2H3. The molecule has 3 rings (SSSR count). The van der Waals surface area contributed by atoms with Crippen LogP contribution >= 0.6 is 0 Å². The average molecular weight is 252 g/mol. The van der Waals surface area contributed by atoms with Crippen molar-refractivity contribution in [1.29, 1.82) is 0 Å². The van der Waals surface area contributed by atoms with Gasteiger partial charge in [-0.1, -0.05) is 54.6 Å². The summed E-state index contributed by atoms with van der Waals surface area (Å²) < 4.78 is 11.8. The molecule has 2 aromatic carbocycles. The van der Waals surface area contributed by atoms with E-state index in [-0.39, 0.29) is 12.7 Å². The molecule has 1 aliphatic rings. The summed E-state index contributed by atoms with van der Waals surface area (Å²) in [5.41, 5.74) is 3.24. The monoisotopic (exact) mass is 252 g/mol. The van der Waals surface area contributed by atoms with Gasteiger partial charge in [0.2, 0.25) is 0 Å². The molecule has 0 spiro atoms. The summed E-state index contributed by atoms with van der Waals surface area (Å²) in [5, 5.41) is 0. The summed E-state index contributed by atoms with van der Waals surface area (Å²) in [6, 6.07) is 18.6. The highest BCUT2D eigenvalue weighted by molar-refractivity contribution is 6.63. The highest BCUT2D eigenvalue weighted by Crippen LogP contribution is 2.23. The zero-order valence-corrected chi connectivity index (χ0v) is 11.3. The van der Waals surface area contributed by atoms with E-state index < -0.39 is 0 Å². The average Bonchev–Trinajstić information content (AvgIpc) is 2.80. The maximum absolute atomic E-state index is 5.97. The fourth-order valence-corrected chi connectivity index (χ4v) is 2.37. The minimum absolute atomic E-state index is 0.214. The van der Waals surface area contributed by atoms with Gasteiger partial charge in [0.15, 0.2) is 0 Å². The molecule has 0 amide bonds. The van der Waals surface area contributed by atoms with Crippen molar-refractivity contribution in [3.05, 3.63) is 54.6 Å². The van der Waals surface area contributed by atoms with Crippen molar-refractivity contribution in [2.24, 2.45) is 0 Å². The smallest absolute Gasteiger partial charge is 0.404 e. The third-order valence-corrected chi connectivity index (χ3v) is 3.31. The molecule has 0 saturated carbocycles. The van der Waals surface area contributed by atoms with E-state index >= 15 is 0 Å². The lowest BCUT2D eigenvalue weighted by molar-refractivity contribution is 0.137. The van der Waals surface area contributed by atoms with E-state index in [1.807, 2.05) is 30.3 Å². The molecular weight excluding hydrogens is 235 g/mol. The molecule has 0 N–H and O–H groups in total. The molecule has 1 aliphatic heterocycles. The summed E-state index contributed by atoms with van der Waals surface area (Å²) >= 11 is 0. The lowest BCUT2D eigenvalue weighted by atomic mass is 9.74. The lowest BCUT2D eigenvalue weighted by Crippen LogP contribution is -2.35. The molecule has 0 unspecified atom stereocenters. The van der Waals surface area contributed by atoms with E-state index in [0.717, 1.165) is 5.46 Å². The fourth-order valence-electron chi connectivity index (χ4n) is 2.37. The largest absolute Gasteiger partial charge is 0.495 e. The topological polar surface area (TPSA) is 18.5 Å². The number of hydrogen-bond donors (Lipinski definition) is 0. The van der Waals surface area contributed by atoms with Crippen LogP contribution in [0.4, 0.5) is 0 Å². The van der Waals surface area contributed by atoms with Crippen LogP contribution in [0.1, 0.15) is 13.8 Å². The molecule has 1 fully saturated rings. The quantitative estimate of drug-likeness (QED) is 0.765. The van der Waals surface area contributed by atoms with Crippen molar-refractivity contribution in [1.82, 2.24) is 0 Å². The predicted molar refractivity (Wildman–Crippen MR) is 78.4 cm³/mol. The van der Waals surface area contributed by atoms with E-state index in [9.17, 15) is 0 Å². The Hall–Kier alpha value is -1.58. The minimum Gasteiger partial charge on any atom is -0.404 e. The Morgan fingerprint density at radius 2 is 1.63 bits per heavy atom. The van der Waals surface area contributed by atoms with Crippen molar-refractivity contribution in [3.8, 4) is 11.1 Å². The van der Waals surface area contributed by atoms with Gasteiger partial charge in [-0.05, 0) is 30.4 Å². The summed E-state index contributed by atoms with van der Waals surface area (Å²) in [6.07, 6.45) is 0. The van der Waals surface area contributed by atoms with Crippen LogP contribution in [0.2, 0.25) is 0 Å². The highest BCUT2D eigenvalue weighted by Gasteiger charge is 2.39. The van der Waals surface area contributed by atoms with Crippen LogP contribution < -0.4 is 5.46 Å². The van der Waals surface area contributed by atoms with Crippen LogP contribution in [0, 0.1) is 0 Å². The van der Waals surface area contributed by atoms with Gasteiger partial charge in [0.05, 0.1) is 12.2 Å². The first-order valence-corrected chi connectivity index (χ1v) is 6.59. The fraction of sp³-hybridized carbons (Fsp3) is 0.250. The third-order valence-electron chi connectivity index (χ3n) is 3.31. The van der Waals surface area contributed by atoms with Gasteiger partial charge in [0.25, 0.3) is 0 Å². The van der Waals surface area contributed by atoms with E-state index in [2.05, 4.69) is 38.1 Å². The number of benzene rings is 2. The summed E-state index contributed by atoms with van der Waals surface area (Å²) in [4.78, 5) is 0. The molecule has 0 aliphatic carbocycles. The Morgan fingerprint density at radius 3 is 2.32 bits per heavy atom. The lowest BCUT2D eigenvalue weighted by Gasteiger charge is -2.16. The molecular formula is C16H17BO2. The van der Waals surface area contributed by atoms with Gasteiger partial charge >= 0.3 is 7.12 Å². The second-order valence-electron chi connectivity index (χ2n) is 5.47. The van der Waals surface area contributed by atoms with E-state index in [0.29, 0.717) is 6.61 Å². The molecule has 0 radical (unpaired) electrons. The predicted octanol–water partition coefficient (Wildman–Crippen LogP) is 2.87. The van der Waals surface area contributed by atoms with Crippen LogP contribution in [-0.2, 0) is 9.31 Å². The Balaban J connectivity index is 1.99. The van der Waals surface area contributed by atoms with Gasteiger partial charge in [-0.15, -0.1) is 0 Å². The van der Waals surface area contributed by atoms with Gasteiger partial charge in [-0.25, -0.2) is 0 Å². The van der Waals surface area contributed by atoms with Crippen LogP contribution in [0.25, 0.3) is 11.1 Å².